The quantitative estimate of drug-likeness (QED) is 0.818. The van der Waals surface area contributed by atoms with E-state index in [-0.39, 0.29) is 25.0 Å². The third-order valence-electron chi connectivity index (χ3n) is 4.33. The molecule has 2 rings (SSSR count). The predicted octanol–water partition coefficient (Wildman–Crippen LogP) is 2.48. The van der Waals surface area contributed by atoms with Crippen LogP contribution in [-0.2, 0) is 20.7 Å². The molecule has 1 fully saturated rings. The van der Waals surface area contributed by atoms with Gasteiger partial charge in [0.2, 0.25) is 0 Å². The van der Waals surface area contributed by atoms with Crippen molar-refractivity contribution in [1.82, 2.24) is 5.32 Å². The minimum atomic E-state index is -0.401. The van der Waals surface area contributed by atoms with Crippen LogP contribution >= 0.6 is 0 Å². The average Bonchev–Trinajstić information content (AvgIpc) is 2.56. The van der Waals surface area contributed by atoms with E-state index in [1.165, 1.54) is 6.42 Å². The van der Waals surface area contributed by atoms with Gasteiger partial charge in [-0.2, -0.15) is 0 Å². The Morgan fingerprint density at radius 1 is 1.17 bits per heavy atom. The van der Waals surface area contributed by atoms with Gasteiger partial charge in [-0.05, 0) is 36.5 Å². The minimum absolute atomic E-state index is 0.150. The maximum absolute atomic E-state index is 11.9. The number of carbonyl (C=O) groups excluding carboxylic acids is 2. The number of ether oxygens (including phenoxy) is 2. The summed E-state index contributed by atoms with van der Waals surface area (Å²) in [7, 11) is 1.59. The maximum Gasteiger partial charge on any atom is 0.310 e. The molecule has 2 atom stereocenters. The van der Waals surface area contributed by atoms with Crippen molar-refractivity contribution in [2.45, 2.75) is 45.1 Å². The molecule has 1 aromatic carbocycles. The zero-order chi connectivity index (χ0) is 16.7. The van der Waals surface area contributed by atoms with Crippen molar-refractivity contribution in [3.8, 4) is 5.75 Å². The fourth-order valence-electron chi connectivity index (χ4n) is 2.89. The molecule has 5 nitrogen and oxygen atoms in total. The Labute approximate surface area is 137 Å². The molecule has 5 heteroatoms. The summed E-state index contributed by atoms with van der Waals surface area (Å²) in [5.74, 6) is 0.611. The third-order valence-corrected chi connectivity index (χ3v) is 4.33. The predicted molar refractivity (Wildman–Crippen MR) is 87.2 cm³/mol. The van der Waals surface area contributed by atoms with Gasteiger partial charge in [0, 0.05) is 6.04 Å². The van der Waals surface area contributed by atoms with Crippen LogP contribution < -0.4 is 10.1 Å². The molecule has 0 saturated heterocycles. The smallest absolute Gasteiger partial charge is 0.310 e. The molecule has 1 aliphatic carbocycles. The normalized spacial score (nSPS) is 20.6. The second kappa shape index (κ2) is 8.56. The van der Waals surface area contributed by atoms with Crippen LogP contribution in [0.25, 0.3) is 0 Å². The molecule has 23 heavy (non-hydrogen) atoms. The van der Waals surface area contributed by atoms with E-state index in [0.29, 0.717) is 5.92 Å². The van der Waals surface area contributed by atoms with Gasteiger partial charge in [0.05, 0.1) is 13.5 Å². The number of nitrogens with one attached hydrogen (secondary N) is 1. The molecule has 1 N–H and O–H groups in total. The molecule has 0 radical (unpaired) electrons. The van der Waals surface area contributed by atoms with Gasteiger partial charge < -0.3 is 14.8 Å². The molecule has 0 bridgehead atoms. The van der Waals surface area contributed by atoms with Crippen molar-refractivity contribution in [3.05, 3.63) is 29.8 Å². The molecular formula is C18H25NO4. The Kier molecular flexibility index (Phi) is 6.44. The first-order valence-corrected chi connectivity index (χ1v) is 8.16. The fourth-order valence-corrected chi connectivity index (χ4v) is 2.89. The van der Waals surface area contributed by atoms with Crippen LogP contribution in [0.3, 0.4) is 0 Å². The molecular weight excluding hydrogens is 294 g/mol. The number of esters is 1. The first-order valence-electron chi connectivity index (χ1n) is 8.16. The monoisotopic (exact) mass is 319 g/mol. The summed E-state index contributed by atoms with van der Waals surface area (Å²) in [6.45, 7) is 1.94. The van der Waals surface area contributed by atoms with Crippen LogP contribution in [0.15, 0.2) is 24.3 Å². The van der Waals surface area contributed by atoms with Crippen LogP contribution in [0, 0.1) is 5.92 Å². The Morgan fingerprint density at radius 2 is 1.87 bits per heavy atom. The lowest BCUT2D eigenvalue weighted by Crippen LogP contribution is -2.42. The van der Waals surface area contributed by atoms with Crippen molar-refractivity contribution in [3.63, 3.8) is 0 Å². The highest BCUT2D eigenvalue weighted by Gasteiger charge is 2.23. The van der Waals surface area contributed by atoms with E-state index in [0.717, 1.165) is 30.6 Å². The summed E-state index contributed by atoms with van der Waals surface area (Å²) in [5, 5.41) is 2.97. The Bertz CT molecular complexity index is 526. The van der Waals surface area contributed by atoms with Crippen LogP contribution in [0.5, 0.6) is 5.75 Å². The molecule has 1 aromatic rings. The van der Waals surface area contributed by atoms with Crippen LogP contribution in [0.1, 0.15) is 38.2 Å². The number of hydrogen-bond acceptors (Lipinski definition) is 4. The zero-order valence-electron chi connectivity index (χ0n) is 13.8. The van der Waals surface area contributed by atoms with Gasteiger partial charge in [0.15, 0.2) is 6.61 Å². The summed E-state index contributed by atoms with van der Waals surface area (Å²) in [6.07, 6.45) is 4.67. The van der Waals surface area contributed by atoms with Crippen LogP contribution in [0.4, 0.5) is 0 Å². The Balaban J connectivity index is 1.71. The second-order valence-electron chi connectivity index (χ2n) is 6.12. The second-order valence-corrected chi connectivity index (χ2v) is 6.12. The van der Waals surface area contributed by atoms with Crippen LogP contribution in [-0.4, -0.2) is 31.6 Å². The Morgan fingerprint density at radius 3 is 2.52 bits per heavy atom. The van der Waals surface area contributed by atoms with E-state index in [9.17, 15) is 9.59 Å². The number of rotatable bonds is 6. The number of methoxy groups -OCH3 is 1. The first kappa shape index (κ1) is 17.3. The van der Waals surface area contributed by atoms with Gasteiger partial charge in [0.25, 0.3) is 5.91 Å². The van der Waals surface area contributed by atoms with E-state index in [4.69, 9.17) is 9.47 Å². The summed E-state index contributed by atoms with van der Waals surface area (Å²) in [6, 6.07) is 7.41. The highest BCUT2D eigenvalue weighted by molar-refractivity contribution is 5.81. The summed E-state index contributed by atoms with van der Waals surface area (Å²) < 4.78 is 10.1. The van der Waals surface area contributed by atoms with Crippen molar-refractivity contribution < 1.29 is 19.1 Å². The van der Waals surface area contributed by atoms with Crippen molar-refractivity contribution in [2.75, 3.05) is 13.7 Å². The van der Waals surface area contributed by atoms with Crippen molar-refractivity contribution >= 4 is 11.9 Å². The molecule has 1 aliphatic rings. The molecule has 0 aliphatic heterocycles. The van der Waals surface area contributed by atoms with Gasteiger partial charge in [-0.3, -0.25) is 9.59 Å². The van der Waals surface area contributed by atoms with E-state index < -0.39 is 5.97 Å². The number of amides is 1. The minimum Gasteiger partial charge on any atom is -0.497 e. The molecule has 0 heterocycles. The summed E-state index contributed by atoms with van der Waals surface area (Å²) in [4.78, 5) is 23.7. The van der Waals surface area contributed by atoms with Gasteiger partial charge in [-0.25, -0.2) is 0 Å². The number of hydrogen-bond donors (Lipinski definition) is 1. The van der Waals surface area contributed by atoms with Crippen LogP contribution in [0.2, 0.25) is 0 Å². The molecule has 0 unspecified atom stereocenters. The average molecular weight is 319 g/mol. The summed E-state index contributed by atoms with van der Waals surface area (Å²) >= 11 is 0. The van der Waals surface area contributed by atoms with E-state index in [2.05, 4.69) is 12.2 Å². The third kappa shape index (κ3) is 5.58. The highest BCUT2D eigenvalue weighted by atomic mass is 16.5. The Hall–Kier alpha value is -2.04. The fraction of sp³-hybridized carbons (Fsp3) is 0.556. The van der Waals surface area contributed by atoms with E-state index >= 15 is 0 Å². The van der Waals surface area contributed by atoms with Gasteiger partial charge in [0.1, 0.15) is 5.75 Å². The van der Waals surface area contributed by atoms with Crippen molar-refractivity contribution in [1.29, 1.82) is 0 Å². The lowest BCUT2D eigenvalue weighted by Gasteiger charge is -2.29. The molecule has 1 saturated carbocycles. The number of carbonyl (C=O) groups is 2. The molecule has 0 aromatic heterocycles. The maximum atomic E-state index is 11.9. The lowest BCUT2D eigenvalue weighted by molar-refractivity contribution is -0.148. The van der Waals surface area contributed by atoms with Gasteiger partial charge in [-0.1, -0.05) is 31.9 Å². The van der Waals surface area contributed by atoms with E-state index in [1.807, 2.05) is 12.1 Å². The number of benzene rings is 1. The molecule has 0 spiro atoms. The summed E-state index contributed by atoms with van der Waals surface area (Å²) in [5.41, 5.74) is 0.831. The highest BCUT2D eigenvalue weighted by Crippen LogP contribution is 2.23. The SMILES string of the molecule is COc1ccc(CC(=O)OCC(=O)N[C@H]2CCCC[C@H]2C)cc1. The first-order chi connectivity index (χ1) is 11.1. The largest absolute Gasteiger partial charge is 0.497 e. The topological polar surface area (TPSA) is 64.6 Å². The van der Waals surface area contributed by atoms with Gasteiger partial charge >= 0.3 is 5.97 Å². The lowest BCUT2D eigenvalue weighted by atomic mass is 9.86. The zero-order valence-corrected chi connectivity index (χ0v) is 13.8. The van der Waals surface area contributed by atoms with E-state index in [1.54, 1.807) is 19.2 Å². The molecule has 126 valence electrons. The molecule has 1 amide bonds. The standard InChI is InChI=1S/C18H25NO4/c1-13-5-3-4-6-16(13)19-17(20)12-23-18(21)11-14-7-9-15(22-2)10-8-14/h7-10,13,16H,3-6,11-12H2,1-2H3,(H,19,20)/t13-,16+/m1/s1. The van der Waals surface area contributed by atoms with Gasteiger partial charge in [-0.15, -0.1) is 0 Å². The van der Waals surface area contributed by atoms with Crippen molar-refractivity contribution in [2.24, 2.45) is 5.92 Å².